The second-order valence-electron chi connectivity index (χ2n) is 4.87. The minimum atomic E-state index is 0.721. The summed E-state index contributed by atoms with van der Waals surface area (Å²) in [5.74, 6) is 2.02. The van der Waals surface area contributed by atoms with Crippen LogP contribution in [0.3, 0.4) is 0 Å². The molecule has 0 amide bonds. The van der Waals surface area contributed by atoms with E-state index in [0.29, 0.717) is 0 Å². The van der Waals surface area contributed by atoms with Gasteiger partial charge in [0, 0.05) is 22.6 Å². The Kier molecular flexibility index (Phi) is 3.20. The molecule has 16 heavy (non-hydrogen) atoms. The van der Waals surface area contributed by atoms with Crippen molar-refractivity contribution in [2.24, 2.45) is 0 Å². The molecule has 1 saturated heterocycles. The summed E-state index contributed by atoms with van der Waals surface area (Å²) >= 11 is 2.04. The van der Waals surface area contributed by atoms with Crippen molar-refractivity contribution in [1.29, 1.82) is 0 Å². The lowest BCUT2D eigenvalue weighted by Crippen LogP contribution is -2.34. The number of thioether (sulfide) groups is 1. The largest absolute Gasteiger partial charge is 0.313 e. The van der Waals surface area contributed by atoms with Crippen molar-refractivity contribution < 1.29 is 0 Å². The maximum absolute atomic E-state index is 3.75. The summed E-state index contributed by atoms with van der Waals surface area (Å²) in [5.41, 5.74) is 1.59. The first-order chi connectivity index (χ1) is 7.95. The van der Waals surface area contributed by atoms with Gasteiger partial charge in [-0.05, 0) is 31.0 Å². The second kappa shape index (κ2) is 4.80. The normalized spacial score (nSPS) is 29.8. The van der Waals surface area contributed by atoms with E-state index in [-0.39, 0.29) is 0 Å². The van der Waals surface area contributed by atoms with E-state index in [9.17, 15) is 0 Å². The highest BCUT2D eigenvalue weighted by atomic mass is 32.2. The first-order valence-electron chi connectivity index (χ1n) is 6.40. The third-order valence-corrected chi connectivity index (χ3v) is 5.03. The third kappa shape index (κ3) is 2.01. The molecule has 1 N–H and O–H groups in total. The first kappa shape index (κ1) is 10.7. The van der Waals surface area contributed by atoms with Crippen molar-refractivity contribution in [2.45, 2.75) is 42.5 Å². The van der Waals surface area contributed by atoms with Gasteiger partial charge in [-0.1, -0.05) is 31.0 Å². The van der Waals surface area contributed by atoms with Crippen LogP contribution in [0.25, 0.3) is 0 Å². The van der Waals surface area contributed by atoms with Crippen LogP contribution in [0, 0.1) is 0 Å². The van der Waals surface area contributed by atoms with E-state index in [1.807, 2.05) is 11.8 Å². The Hall–Kier alpha value is -0.470. The van der Waals surface area contributed by atoms with Gasteiger partial charge in [0.25, 0.3) is 0 Å². The number of nitrogens with one attached hydrogen (secondary N) is 1. The molecule has 1 aromatic carbocycles. The Bertz CT molecular complexity index is 356. The predicted octanol–water partition coefficient (Wildman–Crippen LogP) is 3.41. The molecule has 0 aliphatic carbocycles. The molecule has 0 saturated carbocycles. The zero-order chi connectivity index (χ0) is 10.8. The van der Waals surface area contributed by atoms with Crippen molar-refractivity contribution in [3.8, 4) is 0 Å². The molecule has 2 atom stereocenters. The van der Waals surface area contributed by atoms with Crippen LogP contribution in [0.1, 0.15) is 37.2 Å². The molecule has 1 nitrogen and oxygen atoms in total. The molecule has 0 aromatic heterocycles. The van der Waals surface area contributed by atoms with Gasteiger partial charge in [0.05, 0.1) is 0 Å². The summed E-state index contributed by atoms with van der Waals surface area (Å²) in [7, 11) is 0. The van der Waals surface area contributed by atoms with E-state index in [1.54, 1.807) is 5.56 Å². The first-order valence-corrected chi connectivity index (χ1v) is 7.39. The average Bonchev–Trinajstić information content (AvgIpc) is 2.57. The van der Waals surface area contributed by atoms with Gasteiger partial charge in [-0.15, -0.1) is 11.8 Å². The summed E-state index contributed by atoms with van der Waals surface area (Å²) in [4.78, 5) is 1.51. The maximum Gasteiger partial charge on any atom is 0.0144 e. The predicted molar refractivity (Wildman–Crippen MR) is 70.2 cm³/mol. The fourth-order valence-electron chi connectivity index (χ4n) is 2.92. The van der Waals surface area contributed by atoms with E-state index >= 15 is 0 Å². The van der Waals surface area contributed by atoms with E-state index < -0.39 is 0 Å². The van der Waals surface area contributed by atoms with Crippen LogP contribution in [0.2, 0.25) is 0 Å². The summed E-state index contributed by atoms with van der Waals surface area (Å²) in [6, 6.07) is 9.67. The van der Waals surface area contributed by atoms with E-state index in [0.717, 1.165) is 12.0 Å². The highest BCUT2D eigenvalue weighted by molar-refractivity contribution is 7.99. The molecule has 2 unspecified atom stereocenters. The summed E-state index contributed by atoms with van der Waals surface area (Å²) in [6.45, 7) is 1.22. The molecular weight excluding hydrogens is 214 g/mol. The Morgan fingerprint density at radius 2 is 2.06 bits per heavy atom. The van der Waals surface area contributed by atoms with Gasteiger partial charge >= 0.3 is 0 Å². The molecule has 0 radical (unpaired) electrons. The van der Waals surface area contributed by atoms with E-state index in [4.69, 9.17) is 0 Å². The molecule has 1 fully saturated rings. The quantitative estimate of drug-likeness (QED) is 0.798. The van der Waals surface area contributed by atoms with Crippen molar-refractivity contribution in [3.63, 3.8) is 0 Å². The van der Waals surface area contributed by atoms with Gasteiger partial charge in [0.1, 0.15) is 0 Å². The third-order valence-electron chi connectivity index (χ3n) is 3.82. The number of fused-ring (bicyclic) bond motifs is 1. The fraction of sp³-hybridized carbons (Fsp3) is 0.571. The lowest BCUT2D eigenvalue weighted by molar-refractivity contribution is 0.451. The maximum atomic E-state index is 3.75. The molecule has 2 aliphatic heterocycles. The minimum Gasteiger partial charge on any atom is -0.313 e. The SMILES string of the molecule is c1ccc2c(c1)SCC2C1CCCCCN1. The molecule has 0 bridgehead atoms. The Morgan fingerprint density at radius 3 is 3.06 bits per heavy atom. The van der Waals surface area contributed by atoms with Gasteiger partial charge in [-0.25, -0.2) is 0 Å². The van der Waals surface area contributed by atoms with Crippen molar-refractivity contribution in [2.75, 3.05) is 12.3 Å². The molecule has 1 aromatic rings. The van der Waals surface area contributed by atoms with Crippen LogP contribution in [0.5, 0.6) is 0 Å². The van der Waals surface area contributed by atoms with Crippen LogP contribution in [-0.4, -0.2) is 18.3 Å². The highest BCUT2D eigenvalue weighted by Gasteiger charge is 2.30. The van der Waals surface area contributed by atoms with Gasteiger partial charge in [0.2, 0.25) is 0 Å². The van der Waals surface area contributed by atoms with Crippen LogP contribution in [-0.2, 0) is 0 Å². The molecule has 2 aliphatic rings. The fourth-order valence-corrected chi connectivity index (χ4v) is 4.25. The number of hydrogen-bond donors (Lipinski definition) is 1. The molecule has 86 valence electrons. The summed E-state index contributed by atoms with van der Waals surface area (Å²) in [6.07, 6.45) is 5.53. The lowest BCUT2D eigenvalue weighted by Gasteiger charge is -2.23. The second-order valence-corrected chi connectivity index (χ2v) is 5.93. The topological polar surface area (TPSA) is 12.0 Å². The van der Waals surface area contributed by atoms with Crippen molar-refractivity contribution in [3.05, 3.63) is 29.8 Å². The van der Waals surface area contributed by atoms with Crippen LogP contribution in [0.4, 0.5) is 0 Å². The Balaban J connectivity index is 1.80. The van der Waals surface area contributed by atoms with E-state index in [1.165, 1.54) is 42.9 Å². The molecular formula is C14H19NS. The summed E-state index contributed by atoms with van der Waals surface area (Å²) in [5, 5.41) is 3.75. The zero-order valence-corrected chi connectivity index (χ0v) is 10.4. The molecule has 2 heteroatoms. The molecule has 3 rings (SSSR count). The van der Waals surface area contributed by atoms with Gasteiger partial charge < -0.3 is 5.32 Å². The monoisotopic (exact) mass is 233 g/mol. The smallest absolute Gasteiger partial charge is 0.0144 e. The van der Waals surface area contributed by atoms with E-state index in [2.05, 4.69) is 29.6 Å². The van der Waals surface area contributed by atoms with Crippen molar-refractivity contribution in [1.82, 2.24) is 5.32 Å². The number of rotatable bonds is 1. The molecule has 2 heterocycles. The van der Waals surface area contributed by atoms with Gasteiger partial charge in [0.15, 0.2) is 0 Å². The van der Waals surface area contributed by atoms with Crippen LogP contribution >= 0.6 is 11.8 Å². The highest BCUT2D eigenvalue weighted by Crippen LogP contribution is 2.42. The minimum absolute atomic E-state index is 0.721. The average molecular weight is 233 g/mol. The van der Waals surface area contributed by atoms with Crippen LogP contribution < -0.4 is 5.32 Å². The van der Waals surface area contributed by atoms with Crippen molar-refractivity contribution >= 4 is 11.8 Å². The lowest BCUT2D eigenvalue weighted by atomic mass is 9.91. The molecule has 0 spiro atoms. The van der Waals surface area contributed by atoms with Gasteiger partial charge in [-0.3, -0.25) is 0 Å². The zero-order valence-electron chi connectivity index (χ0n) is 9.61. The standard InChI is InChI=1S/C14H19NS/c1-2-7-13(15-9-5-1)12-10-16-14-8-4-3-6-11(12)14/h3-4,6,8,12-13,15H,1-2,5,7,9-10H2. The Morgan fingerprint density at radius 1 is 1.12 bits per heavy atom. The Labute approximate surface area is 102 Å². The number of hydrogen-bond acceptors (Lipinski definition) is 2. The summed E-state index contributed by atoms with van der Waals surface area (Å²) < 4.78 is 0. The van der Waals surface area contributed by atoms with Gasteiger partial charge in [-0.2, -0.15) is 0 Å². The van der Waals surface area contributed by atoms with Crippen LogP contribution in [0.15, 0.2) is 29.2 Å². The number of benzene rings is 1.